The lowest BCUT2D eigenvalue weighted by atomic mass is 9.87. The molecule has 0 N–H and O–H groups in total. The quantitative estimate of drug-likeness (QED) is 0.623. The topological polar surface area (TPSA) is 38.8 Å². The van der Waals surface area contributed by atoms with Gasteiger partial charge in [0.25, 0.3) is 5.91 Å². The number of halogens is 2. The summed E-state index contributed by atoms with van der Waals surface area (Å²) in [4.78, 5) is 14.9. The van der Waals surface area contributed by atoms with E-state index in [1.165, 1.54) is 0 Å². The van der Waals surface area contributed by atoms with Crippen molar-refractivity contribution >= 4 is 5.91 Å². The Balaban J connectivity index is 1.86. The maximum atomic E-state index is 14.4. The summed E-state index contributed by atoms with van der Waals surface area (Å²) in [5.41, 5.74) is 2.48. The van der Waals surface area contributed by atoms with Gasteiger partial charge in [-0.25, -0.2) is 8.78 Å². The van der Waals surface area contributed by atoms with E-state index in [1.807, 2.05) is 42.5 Å². The average Bonchev–Trinajstić information content (AvgIpc) is 2.78. The van der Waals surface area contributed by atoms with Gasteiger partial charge in [-0.05, 0) is 53.4 Å². The molecule has 0 bridgehead atoms. The van der Waals surface area contributed by atoms with Gasteiger partial charge in [0.1, 0.15) is 11.6 Å². The van der Waals surface area contributed by atoms with Crippen LogP contribution in [-0.4, -0.2) is 31.6 Å². The average molecular weight is 409 g/mol. The number of carbonyl (C=O) groups is 1. The zero-order valence-corrected chi connectivity index (χ0v) is 16.7. The molecule has 1 atom stereocenters. The van der Waals surface area contributed by atoms with E-state index >= 15 is 0 Å². The summed E-state index contributed by atoms with van der Waals surface area (Å²) >= 11 is 0. The normalized spacial score (nSPS) is 15.5. The standard InChI is InChI=1S/C24H21F2NO3/c1-29-21-12-16-10-11-27(24(28)19-13-17(25)8-9-20(19)26)23(15-6-4-3-5-7-15)18(16)14-22(21)30-2/h3-9,12-14,23H,10-11H2,1-2H3. The minimum Gasteiger partial charge on any atom is -0.493 e. The van der Waals surface area contributed by atoms with E-state index in [0.717, 1.165) is 34.9 Å². The number of fused-ring (bicyclic) bond motifs is 1. The molecule has 154 valence electrons. The van der Waals surface area contributed by atoms with Gasteiger partial charge in [0.2, 0.25) is 0 Å². The van der Waals surface area contributed by atoms with Crippen LogP contribution in [0.3, 0.4) is 0 Å². The molecule has 1 amide bonds. The van der Waals surface area contributed by atoms with Gasteiger partial charge >= 0.3 is 0 Å². The molecule has 1 unspecified atom stereocenters. The highest BCUT2D eigenvalue weighted by Crippen LogP contribution is 2.41. The molecule has 3 aromatic carbocycles. The SMILES string of the molecule is COc1cc2c(cc1OC)C(c1ccccc1)N(C(=O)c1cc(F)ccc1F)CC2. The maximum Gasteiger partial charge on any atom is 0.257 e. The van der Waals surface area contributed by atoms with E-state index in [4.69, 9.17) is 9.47 Å². The van der Waals surface area contributed by atoms with Crippen molar-refractivity contribution in [3.05, 3.63) is 94.6 Å². The summed E-state index contributed by atoms with van der Waals surface area (Å²) in [6.45, 7) is 0.358. The third-order valence-corrected chi connectivity index (χ3v) is 5.41. The van der Waals surface area contributed by atoms with Gasteiger partial charge in [-0.15, -0.1) is 0 Å². The van der Waals surface area contributed by atoms with Crippen LogP contribution in [0.4, 0.5) is 8.78 Å². The van der Waals surface area contributed by atoms with Crippen LogP contribution in [0.2, 0.25) is 0 Å². The molecule has 3 aromatic rings. The van der Waals surface area contributed by atoms with Gasteiger partial charge in [0.15, 0.2) is 11.5 Å². The van der Waals surface area contributed by atoms with Crippen molar-refractivity contribution in [3.8, 4) is 11.5 Å². The summed E-state index contributed by atoms with van der Waals surface area (Å²) in [6, 6.07) is 15.7. The predicted octanol–water partition coefficient (Wildman–Crippen LogP) is 4.77. The fourth-order valence-corrected chi connectivity index (χ4v) is 3.98. The first kappa shape index (κ1) is 19.9. The number of benzene rings is 3. The van der Waals surface area contributed by atoms with Crippen molar-refractivity contribution in [2.75, 3.05) is 20.8 Å². The first-order valence-corrected chi connectivity index (χ1v) is 9.59. The van der Waals surface area contributed by atoms with E-state index in [0.29, 0.717) is 24.5 Å². The molecule has 1 aliphatic heterocycles. The van der Waals surface area contributed by atoms with Crippen molar-refractivity contribution in [1.29, 1.82) is 0 Å². The highest BCUT2D eigenvalue weighted by Gasteiger charge is 2.34. The Labute approximate surface area is 173 Å². The Morgan fingerprint density at radius 2 is 1.67 bits per heavy atom. The molecule has 4 nitrogen and oxygen atoms in total. The number of rotatable bonds is 4. The zero-order chi connectivity index (χ0) is 21.3. The molecule has 0 saturated carbocycles. The number of amides is 1. The molecule has 0 radical (unpaired) electrons. The van der Waals surface area contributed by atoms with Gasteiger partial charge in [-0.3, -0.25) is 4.79 Å². The summed E-state index contributed by atoms with van der Waals surface area (Å²) in [6.07, 6.45) is 0.557. The summed E-state index contributed by atoms with van der Waals surface area (Å²) in [5, 5.41) is 0. The molecule has 6 heteroatoms. The largest absolute Gasteiger partial charge is 0.493 e. The Morgan fingerprint density at radius 1 is 0.967 bits per heavy atom. The molecule has 0 aliphatic carbocycles. The summed E-state index contributed by atoms with van der Waals surface area (Å²) < 4.78 is 39.0. The minimum absolute atomic E-state index is 0.278. The van der Waals surface area contributed by atoms with Crippen molar-refractivity contribution in [2.45, 2.75) is 12.5 Å². The number of hydrogen-bond acceptors (Lipinski definition) is 3. The molecule has 0 aromatic heterocycles. The van der Waals surface area contributed by atoms with Crippen molar-refractivity contribution < 1.29 is 23.0 Å². The van der Waals surface area contributed by atoms with E-state index in [1.54, 1.807) is 19.1 Å². The number of ether oxygens (including phenoxy) is 2. The number of nitrogens with zero attached hydrogens (tertiary/aromatic N) is 1. The smallest absolute Gasteiger partial charge is 0.257 e. The van der Waals surface area contributed by atoms with Gasteiger partial charge in [-0.2, -0.15) is 0 Å². The second-order valence-corrected chi connectivity index (χ2v) is 7.09. The van der Waals surface area contributed by atoms with Gasteiger partial charge in [0, 0.05) is 6.54 Å². The summed E-state index contributed by atoms with van der Waals surface area (Å²) in [5.74, 6) is -0.796. The molecule has 1 heterocycles. The molecule has 30 heavy (non-hydrogen) atoms. The van der Waals surface area contributed by atoms with Gasteiger partial charge in [0.05, 0.1) is 25.8 Å². The monoisotopic (exact) mass is 409 g/mol. The number of methoxy groups -OCH3 is 2. The van der Waals surface area contributed by atoms with Gasteiger partial charge < -0.3 is 14.4 Å². The van der Waals surface area contributed by atoms with Crippen molar-refractivity contribution in [1.82, 2.24) is 4.90 Å². The number of carbonyl (C=O) groups excluding carboxylic acids is 1. The van der Waals surface area contributed by atoms with Crippen LogP contribution >= 0.6 is 0 Å². The molecule has 1 aliphatic rings. The fourth-order valence-electron chi connectivity index (χ4n) is 3.98. The van der Waals surface area contributed by atoms with Crippen LogP contribution < -0.4 is 9.47 Å². The molecular weight excluding hydrogens is 388 g/mol. The van der Waals surface area contributed by atoms with Crippen LogP contribution in [-0.2, 0) is 6.42 Å². The molecule has 0 spiro atoms. The number of hydrogen-bond donors (Lipinski definition) is 0. The van der Waals surface area contributed by atoms with Crippen molar-refractivity contribution in [3.63, 3.8) is 0 Å². The highest BCUT2D eigenvalue weighted by atomic mass is 19.1. The molecular formula is C24H21F2NO3. The highest BCUT2D eigenvalue weighted by molar-refractivity contribution is 5.95. The van der Waals surface area contributed by atoms with Crippen LogP contribution in [0.15, 0.2) is 60.7 Å². The maximum absolute atomic E-state index is 14.4. The molecule has 0 fully saturated rings. The fraction of sp³-hybridized carbons (Fsp3) is 0.208. The first-order valence-electron chi connectivity index (χ1n) is 9.59. The minimum atomic E-state index is -0.744. The van der Waals surface area contributed by atoms with E-state index in [2.05, 4.69) is 0 Å². The Bertz CT molecular complexity index is 1090. The molecule has 4 rings (SSSR count). The Kier molecular flexibility index (Phi) is 5.40. The predicted molar refractivity (Wildman–Crippen MR) is 109 cm³/mol. The van der Waals surface area contributed by atoms with Crippen LogP contribution in [0.25, 0.3) is 0 Å². The Morgan fingerprint density at radius 3 is 2.37 bits per heavy atom. The second-order valence-electron chi connectivity index (χ2n) is 7.09. The zero-order valence-electron chi connectivity index (χ0n) is 16.7. The van der Waals surface area contributed by atoms with E-state index in [9.17, 15) is 13.6 Å². The van der Waals surface area contributed by atoms with Crippen LogP contribution in [0, 0.1) is 11.6 Å². The first-order chi connectivity index (χ1) is 14.5. The van der Waals surface area contributed by atoms with E-state index in [-0.39, 0.29) is 5.56 Å². The van der Waals surface area contributed by atoms with Gasteiger partial charge in [-0.1, -0.05) is 30.3 Å². The van der Waals surface area contributed by atoms with Crippen LogP contribution in [0.5, 0.6) is 11.5 Å². The third-order valence-electron chi connectivity index (χ3n) is 5.41. The summed E-state index contributed by atoms with van der Waals surface area (Å²) in [7, 11) is 3.12. The van der Waals surface area contributed by atoms with Crippen molar-refractivity contribution in [2.24, 2.45) is 0 Å². The van der Waals surface area contributed by atoms with E-state index < -0.39 is 23.6 Å². The van der Waals surface area contributed by atoms with Crippen LogP contribution in [0.1, 0.15) is 33.1 Å². The second kappa shape index (κ2) is 8.14. The lowest BCUT2D eigenvalue weighted by Gasteiger charge is -2.38. The lowest BCUT2D eigenvalue weighted by molar-refractivity contribution is 0.0688. The Hall–Kier alpha value is -3.41. The third kappa shape index (κ3) is 3.49. The molecule has 0 saturated heterocycles. The lowest BCUT2D eigenvalue weighted by Crippen LogP contribution is -2.41.